The Balaban J connectivity index is 1.98. The van der Waals surface area contributed by atoms with Crippen LogP contribution in [0.1, 0.15) is 36.1 Å². The highest BCUT2D eigenvalue weighted by Gasteiger charge is 2.24. The zero-order chi connectivity index (χ0) is 14.7. The second kappa shape index (κ2) is 6.22. The first-order chi connectivity index (χ1) is 9.45. The molecule has 1 saturated heterocycles. The number of likely N-dealkylation sites (tertiary alicyclic amines) is 1. The highest BCUT2D eigenvalue weighted by Crippen LogP contribution is 2.19. The van der Waals surface area contributed by atoms with Gasteiger partial charge in [-0.05, 0) is 52.7 Å². The maximum absolute atomic E-state index is 12.1. The van der Waals surface area contributed by atoms with E-state index in [0.717, 1.165) is 25.9 Å². The topological polar surface area (TPSA) is 62.6 Å². The third-order valence-electron chi connectivity index (χ3n) is 3.94. The first kappa shape index (κ1) is 14.8. The van der Waals surface area contributed by atoms with Gasteiger partial charge in [0, 0.05) is 18.2 Å². The highest BCUT2D eigenvalue weighted by atomic mass is 16.3. The van der Waals surface area contributed by atoms with Crippen LogP contribution >= 0.6 is 0 Å². The third-order valence-corrected chi connectivity index (χ3v) is 3.94. The molecule has 5 heteroatoms. The van der Waals surface area contributed by atoms with Crippen molar-refractivity contribution in [3.05, 3.63) is 33.9 Å². The molecular formula is C15H22N2O3. The molecular weight excluding hydrogens is 256 g/mol. The molecule has 0 saturated carbocycles. The molecule has 1 atom stereocenters. The average Bonchev–Trinajstić information content (AvgIpc) is 2.38. The van der Waals surface area contributed by atoms with Crippen LogP contribution in [0.2, 0.25) is 0 Å². The van der Waals surface area contributed by atoms with Gasteiger partial charge in [0.2, 0.25) is 0 Å². The van der Waals surface area contributed by atoms with Gasteiger partial charge in [-0.2, -0.15) is 0 Å². The Morgan fingerprint density at radius 2 is 2.05 bits per heavy atom. The Hall–Kier alpha value is -1.62. The standard InChI is InChI=1S/C15H22N2O3/c1-10-8-13(18)9-14(20-10)15(19)16-11(2)12-4-6-17(3)7-5-12/h8-9,11-12H,4-7H2,1-3H3,(H,16,19). The van der Waals surface area contributed by atoms with E-state index in [2.05, 4.69) is 17.3 Å². The summed E-state index contributed by atoms with van der Waals surface area (Å²) in [5.74, 6) is 0.716. The number of aryl methyl sites for hydroxylation is 1. The van der Waals surface area contributed by atoms with Gasteiger partial charge in [-0.15, -0.1) is 0 Å². The Labute approximate surface area is 119 Å². The lowest BCUT2D eigenvalue weighted by molar-refractivity contribution is 0.0877. The lowest BCUT2D eigenvalue weighted by Crippen LogP contribution is -2.43. The molecule has 0 aliphatic carbocycles. The van der Waals surface area contributed by atoms with Crippen LogP contribution in [-0.2, 0) is 0 Å². The maximum Gasteiger partial charge on any atom is 0.287 e. The maximum atomic E-state index is 12.1. The van der Waals surface area contributed by atoms with Gasteiger partial charge in [-0.3, -0.25) is 9.59 Å². The van der Waals surface area contributed by atoms with Crippen LogP contribution in [-0.4, -0.2) is 37.0 Å². The van der Waals surface area contributed by atoms with E-state index in [1.165, 1.54) is 12.1 Å². The monoisotopic (exact) mass is 278 g/mol. The second-order valence-corrected chi connectivity index (χ2v) is 5.67. The Morgan fingerprint density at radius 3 is 2.65 bits per heavy atom. The van der Waals surface area contributed by atoms with Crippen molar-refractivity contribution >= 4 is 5.91 Å². The van der Waals surface area contributed by atoms with Gasteiger partial charge < -0.3 is 14.6 Å². The molecule has 2 heterocycles. The molecule has 1 N–H and O–H groups in total. The van der Waals surface area contributed by atoms with E-state index in [-0.39, 0.29) is 23.1 Å². The lowest BCUT2D eigenvalue weighted by atomic mass is 9.90. The number of nitrogens with one attached hydrogen (secondary N) is 1. The molecule has 1 aromatic rings. The van der Waals surface area contributed by atoms with Crippen molar-refractivity contribution in [1.82, 2.24) is 10.2 Å². The van der Waals surface area contributed by atoms with E-state index in [4.69, 9.17) is 4.42 Å². The number of hydrogen-bond donors (Lipinski definition) is 1. The van der Waals surface area contributed by atoms with Crippen molar-refractivity contribution in [2.75, 3.05) is 20.1 Å². The van der Waals surface area contributed by atoms with Crippen molar-refractivity contribution < 1.29 is 9.21 Å². The van der Waals surface area contributed by atoms with Gasteiger partial charge in [0.15, 0.2) is 11.2 Å². The molecule has 0 spiro atoms. The first-order valence-electron chi connectivity index (χ1n) is 7.07. The third kappa shape index (κ3) is 3.70. The van der Waals surface area contributed by atoms with Crippen molar-refractivity contribution in [3.63, 3.8) is 0 Å². The van der Waals surface area contributed by atoms with Gasteiger partial charge >= 0.3 is 0 Å². The summed E-state index contributed by atoms with van der Waals surface area (Å²) in [5, 5.41) is 2.95. The predicted molar refractivity (Wildman–Crippen MR) is 76.9 cm³/mol. The minimum Gasteiger partial charge on any atom is -0.456 e. The quantitative estimate of drug-likeness (QED) is 0.908. The van der Waals surface area contributed by atoms with Crippen LogP contribution in [0.3, 0.4) is 0 Å². The summed E-state index contributed by atoms with van der Waals surface area (Å²) >= 11 is 0. The van der Waals surface area contributed by atoms with E-state index in [1.807, 2.05) is 6.92 Å². The first-order valence-corrected chi connectivity index (χ1v) is 7.07. The smallest absolute Gasteiger partial charge is 0.287 e. The fourth-order valence-electron chi connectivity index (χ4n) is 2.64. The average molecular weight is 278 g/mol. The molecule has 1 unspecified atom stereocenters. The van der Waals surface area contributed by atoms with Crippen LogP contribution in [0.5, 0.6) is 0 Å². The second-order valence-electron chi connectivity index (χ2n) is 5.67. The van der Waals surface area contributed by atoms with E-state index in [9.17, 15) is 9.59 Å². The van der Waals surface area contributed by atoms with Gasteiger partial charge in [-0.25, -0.2) is 0 Å². The number of carbonyl (C=O) groups is 1. The zero-order valence-corrected chi connectivity index (χ0v) is 12.3. The molecule has 5 nitrogen and oxygen atoms in total. The molecule has 1 fully saturated rings. The summed E-state index contributed by atoms with van der Waals surface area (Å²) < 4.78 is 5.30. The van der Waals surface area contributed by atoms with Gasteiger partial charge in [-0.1, -0.05) is 0 Å². The molecule has 110 valence electrons. The van der Waals surface area contributed by atoms with Crippen molar-refractivity contribution in [2.24, 2.45) is 5.92 Å². The lowest BCUT2D eigenvalue weighted by Gasteiger charge is -2.32. The Bertz CT molecular complexity index is 530. The molecule has 0 bridgehead atoms. The molecule has 0 radical (unpaired) electrons. The minimum atomic E-state index is -0.308. The fourth-order valence-corrected chi connectivity index (χ4v) is 2.64. The van der Waals surface area contributed by atoms with E-state index >= 15 is 0 Å². The summed E-state index contributed by atoms with van der Waals surface area (Å²) in [5.41, 5.74) is -0.203. The SMILES string of the molecule is Cc1cc(=O)cc(C(=O)NC(C)C2CCN(C)CC2)o1. The van der Waals surface area contributed by atoms with Crippen LogP contribution in [0, 0.1) is 12.8 Å². The summed E-state index contributed by atoms with van der Waals surface area (Å²) in [4.78, 5) is 25.8. The number of nitrogens with zero attached hydrogens (tertiary/aromatic N) is 1. The molecule has 1 amide bonds. The fraction of sp³-hybridized carbons (Fsp3) is 0.600. The number of carbonyl (C=O) groups excluding carboxylic acids is 1. The Morgan fingerprint density at radius 1 is 1.40 bits per heavy atom. The molecule has 1 aliphatic rings. The van der Waals surface area contributed by atoms with E-state index in [1.54, 1.807) is 6.92 Å². The molecule has 20 heavy (non-hydrogen) atoms. The van der Waals surface area contributed by atoms with Gasteiger partial charge in [0.05, 0.1) is 0 Å². The van der Waals surface area contributed by atoms with Crippen LogP contribution < -0.4 is 10.7 Å². The number of hydrogen-bond acceptors (Lipinski definition) is 4. The van der Waals surface area contributed by atoms with Crippen LogP contribution in [0.25, 0.3) is 0 Å². The summed E-state index contributed by atoms with van der Waals surface area (Å²) in [6.07, 6.45) is 2.16. The summed E-state index contributed by atoms with van der Waals surface area (Å²) in [6.45, 7) is 5.80. The molecule has 1 aliphatic heterocycles. The van der Waals surface area contributed by atoms with Crippen molar-refractivity contribution in [3.8, 4) is 0 Å². The van der Waals surface area contributed by atoms with Crippen molar-refractivity contribution in [1.29, 1.82) is 0 Å². The van der Waals surface area contributed by atoms with Crippen LogP contribution in [0.15, 0.2) is 21.3 Å². The highest BCUT2D eigenvalue weighted by molar-refractivity contribution is 5.91. The molecule has 0 aromatic carbocycles. The van der Waals surface area contributed by atoms with Gasteiger partial charge in [0.1, 0.15) is 5.76 Å². The number of piperidine rings is 1. The van der Waals surface area contributed by atoms with Crippen LogP contribution in [0.4, 0.5) is 0 Å². The number of amides is 1. The Kier molecular flexibility index (Phi) is 4.60. The van der Waals surface area contributed by atoms with E-state index in [0.29, 0.717) is 11.7 Å². The molecule has 2 rings (SSSR count). The summed E-state index contributed by atoms with van der Waals surface area (Å²) in [6, 6.07) is 2.70. The van der Waals surface area contributed by atoms with E-state index < -0.39 is 0 Å². The minimum absolute atomic E-state index is 0.0852. The van der Waals surface area contributed by atoms with Crippen molar-refractivity contribution in [2.45, 2.75) is 32.7 Å². The molecule has 1 aromatic heterocycles. The summed E-state index contributed by atoms with van der Waals surface area (Å²) in [7, 11) is 2.11. The zero-order valence-electron chi connectivity index (χ0n) is 12.3. The largest absolute Gasteiger partial charge is 0.456 e. The normalized spacial score (nSPS) is 18.8. The van der Waals surface area contributed by atoms with Gasteiger partial charge in [0.25, 0.3) is 5.91 Å². The number of rotatable bonds is 3. The predicted octanol–water partition coefficient (Wildman–Crippen LogP) is 1.41.